The van der Waals surface area contributed by atoms with Gasteiger partial charge in [0, 0.05) is 32.1 Å². The molecular formula is C14H17FN2O2. The molecule has 0 aromatic heterocycles. The van der Waals surface area contributed by atoms with Gasteiger partial charge in [0.15, 0.2) is 0 Å². The summed E-state index contributed by atoms with van der Waals surface area (Å²) in [6.45, 7) is 5.75. The maximum atomic E-state index is 12.7. The summed E-state index contributed by atoms with van der Waals surface area (Å²) in [7, 11) is 0. The first-order valence-electron chi connectivity index (χ1n) is 5.94. The van der Waals surface area contributed by atoms with Crippen LogP contribution in [0.4, 0.5) is 10.1 Å². The summed E-state index contributed by atoms with van der Waals surface area (Å²) in [5, 5.41) is 2.64. The normalized spacial score (nSPS) is 9.79. The Kier molecular flexibility index (Phi) is 5.73. The van der Waals surface area contributed by atoms with Gasteiger partial charge in [-0.25, -0.2) is 4.39 Å². The highest BCUT2D eigenvalue weighted by molar-refractivity contribution is 5.91. The SMILES string of the molecule is C=CCN(CCC(=O)Nc1ccc(F)cc1)C(C)=O. The van der Waals surface area contributed by atoms with Crippen molar-refractivity contribution < 1.29 is 14.0 Å². The number of nitrogens with one attached hydrogen (secondary N) is 1. The van der Waals surface area contributed by atoms with Gasteiger partial charge in [0.05, 0.1) is 0 Å². The van der Waals surface area contributed by atoms with Gasteiger partial charge in [-0.05, 0) is 24.3 Å². The van der Waals surface area contributed by atoms with Crippen LogP contribution in [0.25, 0.3) is 0 Å². The molecule has 0 radical (unpaired) electrons. The summed E-state index contributed by atoms with van der Waals surface area (Å²) in [5.74, 6) is -0.678. The number of nitrogens with zero attached hydrogens (tertiary/aromatic N) is 1. The van der Waals surface area contributed by atoms with E-state index in [1.165, 1.54) is 36.1 Å². The van der Waals surface area contributed by atoms with Crippen molar-refractivity contribution in [3.05, 3.63) is 42.7 Å². The Morgan fingerprint density at radius 2 is 2.00 bits per heavy atom. The molecule has 0 aliphatic heterocycles. The van der Waals surface area contributed by atoms with Crippen molar-refractivity contribution in [1.29, 1.82) is 0 Å². The molecule has 1 aromatic carbocycles. The minimum absolute atomic E-state index is 0.102. The molecule has 0 saturated carbocycles. The van der Waals surface area contributed by atoms with Gasteiger partial charge in [-0.1, -0.05) is 6.08 Å². The lowest BCUT2D eigenvalue weighted by atomic mass is 10.3. The van der Waals surface area contributed by atoms with Crippen LogP contribution in [-0.4, -0.2) is 29.8 Å². The average molecular weight is 264 g/mol. The quantitative estimate of drug-likeness (QED) is 0.801. The van der Waals surface area contributed by atoms with Gasteiger partial charge in [-0.15, -0.1) is 6.58 Å². The minimum Gasteiger partial charge on any atom is -0.339 e. The number of carbonyl (C=O) groups is 2. The second kappa shape index (κ2) is 7.31. The molecule has 19 heavy (non-hydrogen) atoms. The molecule has 2 amide bonds. The van der Waals surface area contributed by atoms with E-state index >= 15 is 0 Å². The Morgan fingerprint density at radius 3 is 2.53 bits per heavy atom. The summed E-state index contributed by atoms with van der Waals surface area (Å²) in [6.07, 6.45) is 1.80. The van der Waals surface area contributed by atoms with Gasteiger partial charge in [0.1, 0.15) is 5.82 Å². The number of rotatable bonds is 6. The molecule has 0 bridgehead atoms. The van der Waals surface area contributed by atoms with Crippen LogP contribution in [0.3, 0.4) is 0 Å². The average Bonchev–Trinajstić information content (AvgIpc) is 2.37. The molecule has 1 N–H and O–H groups in total. The van der Waals surface area contributed by atoms with E-state index in [4.69, 9.17) is 0 Å². The van der Waals surface area contributed by atoms with Crippen molar-refractivity contribution in [3.63, 3.8) is 0 Å². The zero-order chi connectivity index (χ0) is 14.3. The van der Waals surface area contributed by atoms with Crippen LogP contribution in [0.2, 0.25) is 0 Å². The topological polar surface area (TPSA) is 49.4 Å². The largest absolute Gasteiger partial charge is 0.339 e. The Morgan fingerprint density at radius 1 is 1.37 bits per heavy atom. The summed E-state index contributed by atoms with van der Waals surface area (Å²) in [6, 6.07) is 5.52. The fourth-order valence-electron chi connectivity index (χ4n) is 1.53. The molecule has 1 aromatic rings. The van der Waals surface area contributed by atoms with Gasteiger partial charge in [-0.2, -0.15) is 0 Å². The Labute approximate surface area is 111 Å². The first-order chi connectivity index (χ1) is 9.02. The summed E-state index contributed by atoms with van der Waals surface area (Å²) < 4.78 is 12.7. The van der Waals surface area contributed by atoms with Crippen molar-refractivity contribution in [1.82, 2.24) is 4.90 Å². The van der Waals surface area contributed by atoms with E-state index in [9.17, 15) is 14.0 Å². The monoisotopic (exact) mass is 264 g/mol. The molecule has 0 fully saturated rings. The maximum absolute atomic E-state index is 12.7. The molecular weight excluding hydrogens is 247 g/mol. The third-order valence-corrected chi connectivity index (χ3v) is 2.53. The molecule has 0 heterocycles. The van der Waals surface area contributed by atoms with Gasteiger partial charge < -0.3 is 10.2 Å². The number of halogens is 1. The summed E-state index contributed by atoms with van der Waals surface area (Å²) in [4.78, 5) is 24.4. The Hall–Kier alpha value is -2.17. The molecule has 0 spiro atoms. The van der Waals surface area contributed by atoms with Crippen molar-refractivity contribution >= 4 is 17.5 Å². The maximum Gasteiger partial charge on any atom is 0.226 e. The standard InChI is InChI=1S/C14H17FN2O2/c1-3-9-17(11(2)18)10-8-14(19)16-13-6-4-12(15)5-7-13/h3-7H,1,8-10H2,2H3,(H,16,19). The predicted molar refractivity (Wildman–Crippen MR) is 72.1 cm³/mol. The van der Waals surface area contributed by atoms with Crippen LogP contribution in [0.1, 0.15) is 13.3 Å². The van der Waals surface area contributed by atoms with Crippen LogP contribution in [0.15, 0.2) is 36.9 Å². The van der Waals surface area contributed by atoms with Gasteiger partial charge in [-0.3, -0.25) is 9.59 Å². The number of amides is 2. The highest BCUT2D eigenvalue weighted by Crippen LogP contribution is 2.08. The molecule has 0 unspecified atom stereocenters. The predicted octanol–water partition coefficient (Wildman–Crippen LogP) is 2.19. The molecule has 0 atom stereocenters. The molecule has 1 rings (SSSR count). The number of benzene rings is 1. The second-order valence-corrected chi connectivity index (χ2v) is 4.06. The first kappa shape index (κ1) is 14.9. The molecule has 4 nitrogen and oxygen atoms in total. The van der Waals surface area contributed by atoms with Crippen LogP contribution >= 0.6 is 0 Å². The fourth-order valence-corrected chi connectivity index (χ4v) is 1.53. The van der Waals surface area contributed by atoms with Crippen LogP contribution in [0, 0.1) is 5.82 Å². The third kappa shape index (κ3) is 5.33. The van der Waals surface area contributed by atoms with Crippen LogP contribution < -0.4 is 5.32 Å². The number of hydrogen-bond donors (Lipinski definition) is 1. The van der Waals surface area contributed by atoms with Crippen molar-refractivity contribution in [3.8, 4) is 0 Å². The smallest absolute Gasteiger partial charge is 0.226 e. The van der Waals surface area contributed by atoms with Crippen LogP contribution in [-0.2, 0) is 9.59 Å². The van der Waals surface area contributed by atoms with Crippen LogP contribution in [0.5, 0.6) is 0 Å². The lowest BCUT2D eigenvalue weighted by Crippen LogP contribution is -2.32. The van der Waals surface area contributed by atoms with E-state index < -0.39 is 0 Å². The fraction of sp³-hybridized carbons (Fsp3) is 0.286. The summed E-state index contributed by atoms with van der Waals surface area (Å²) in [5.41, 5.74) is 0.532. The Bertz CT molecular complexity index is 457. The third-order valence-electron chi connectivity index (χ3n) is 2.53. The lowest BCUT2D eigenvalue weighted by Gasteiger charge is -2.18. The van der Waals surface area contributed by atoms with Gasteiger partial charge in [0.2, 0.25) is 11.8 Å². The number of carbonyl (C=O) groups excluding carboxylic acids is 2. The zero-order valence-electron chi connectivity index (χ0n) is 10.9. The lowest BCUT2D eigenvalue weighted by molar-refractivity contribution is -0.128. The second-order valence-electron chi connectivity index (χ2n) is 4.06. The van der Waals surface area contributed by atoms with E-state index in [2.05, 4.69) is 11.9 Å². The van der Waals surface area contributed by atoms with Gasteiger partial charge in [0.25, 0.3) is 0 Å². The van der Waals surface area contributed by atoms with Crippen molar-refractivity contribution in [2.75, 3.05) is 18.4 Å². The van der Waals surface area contributed by atoms with Gasteiger partial charge >= 0.3 is 0 Å². The summed E-state index contributed by atoms with van der Waals surface area (Å²) >= 11 is 0. The highest BCUT2D eigenvalue weighted by Gasteiger charge is 2.09. The van der Waals surface area contributed by atoms with Crippen molar-refractivity contribution in [2.45, 2.75) is 13.3 Å². The molecule has 102 valence electrons. The highest BCUT2D eigenvalue weighted by atomic mass is 19.1. The molecule has 5 heteroatoms. The van der Waals surface area contributed by atoms with E-state index in [0.29, 0.717) is 18.8 Å². The number of hydrogen-bond acceptors (Lipinski definition) is 2. The molecule has 0 aliphatic rings. The van der Waals surface area contributed by atoms with E-state index in [-0.39, 0.29) is 24.1 Å². The first-order valence-corrected chi connectivity index (χ1v) is 5.94. The minimum atomic E-state index is -0.355. The van der Waals surface area contributed by atoms with E-state index in [1.54, 1.807) is 6.08 Å². The number of anilines is 1. The van der Waals surface area contributed by atoms with E-state index in [0.717, 1.165) is 0 Å². The Balaban J connectivity index is 2.44. The zero-order valence-corrected chi connectivity index (χ0v) is 10.9. The van der Waals surface area contributed by atoms with E-state index in [1.807, 2.05) is 0 Å². The van der Waals surface area contributed by atoms with Crippen molar-refractivity contribution in [2.24, 2.45) is 0 Å². The molecule has 0 saturated heterocycles. The molecule has 0 aliphatic carbocycles.